The molecule has 0 bridgehead atoms. The Morgan fingerprint density at radius 1 is 1.07 bits per heavy atom. The molecule has 1 unspecified atom stereocenters. The number of ether oxygens (including phenoxy) is 2. The highest BCUT2D eigenvalue weighted by Gasteiger charge is 2.27. The van der Waals surface area contributed by atoms with E-state index in [1.807, 2.05) is 45.0 Å². The van der Waals surface area contributed by atoms with Gasteiger partial charge in [-0.2, -0.15) is 0 Å². The van der Waals surface area contributed by atoms with Crippen molar-refractivity contribution in [3.05, 3.63) is 60.2 Å². The van der Waals surface area contributed by atoms with Gasteiger partial charge in [-0.05, 0) is 69.9 Å². The molecular weight excluding hydrogens is 402 g/mol. The summed E-state index contributed by atoms with van der Waals surface area (Å²) in [6.07, 6.45) is 1.98. The number of methoxy groups -OCH3 is 1. The molecule has 1 atom stereocenters. The van der Waals surface area contributed by atoms with E-state index in [1.54, 1.807) is 30.3 Å². The lowest BCUT2D eigenvalue weighted by Crippen LogP contribution is -2.34. The Labute approximate surface area is 179 Å². The Morgan fingerprint density at radius 3 is 2.30 bits per heavy atom. The first-order valence-corrected chi connectivity index (χ1v) is 11.5. The van der Waals surface area contributed by atoms with Gasteiger partial charge in [0.25, 0.3) is 0 Å². The Bertz CT molecular complexity index is 908. The maximum absolute atomic E-state index is 12.4. The van der Waals surface area contributed by atoms with Crippen LogP contribution in [0, 0.1) is 5.41 Å². The van der Waals surface area contributed by atoms with Crippen LogP contribution in [0.4, 0.5) is 0 Å². The van der Waals surface area contributed by atoms with E-state index in [9.17, 15) is 13.2 Å². The lowest BCUT2D eigenvalue weighted by Gasteiger charge is -2.21. The van der Waals surface area contributed by atoms with Crippen molar-refractivity contribution in [3.8, 4) is 5.75 Å². The van der Waals surface area contributed by atoms with Crippen LogP contribution in [-0.4, -0.2) is 34.1 Å². The Balaban J connectivity index is 1.81. The molecule has 0 amide bonds. The number of nitrogens with one attached hydrogen (secondary N) is 1. The summed E-state index contributed by atoms with van der Waals surface area (Å²) in [5.41, 5.74) is 0.489. The summed E-state index contributed by atoms with van der Waals surface area (Å²) in [6, 6.07) is 15.7. The molecule has 0 spiro atoms. The number of carbonyl (C=O) groups excluding carboxylic acids is 1. The van der Waals surface area contributed by atoms with E-state index in [-0.39, 0.29) is 16.9 Å². The van der Waals surface area contributed by atoms with Gasteiger partial charge in [0.15, 0.2) is 0 Å². The fourth-order valence-electron chi connectivity index (χ4n) is 3.13. The van der Waals surface area contributed by atoms with Crippen LogP contribution in [0.5, 0.6) is 5.75 Å². The summed E-state index contributed by atoms with van der Waals surface area (Å²) in [5.74, 6) is 0.524. The molecule has 0 radical (unpaired) electrons. The minimum atomic E-state index is -3.53. The lowest BCUT2D eigenvalue weighted by atomic mass is 9.88. The van der Waals surface area contributed by atoms with Crippen molar-refractivity contribution < 1.29 is 22.7 Å². The van der Waals surface area contributed by atoms with Gasteiger partial charge in [-0.25, -0.2) is 13.1 Å². The third kappa shape index (κ3) is 7.15. The fourth-order valence-corrected chi connectivity index (χ4v) is 4.40. The maximum Gasteiger partial charge on any atom is 0.311 e. The lowest BCUT2D eigenvalue weighted by molar-refractivity contribution is -0.151. The first kappa shape index (κ1) is 23.9. The molecule has 2 rings (SSSR count). The van der Waals surface area contributed by atoms with Crippen molar-refractivity contribution in [1.29, 1.82) is 0 Å². The summed E-state index contributed by atoms with van der Waals surface area (Å²) in [4.78, 5) is 11.9. The second-order valence-corrected chi connectivity index (χ2v) is 9.72. The molecule has 30 heavy (non-hydrogen) atoms. The summed E-state index contributed by atoms with van der Waals surface area (Å²) < 4.78 is 38.1. The average molecular weight is 434 g/mol. The normalized spacial score (nSPS) is 12.9. The molecule has 0 aliphatic carbocycles. The van der Waals surface area contributed by atoms with Crippen LogP contribution in [0.1, 0.15) is 39.2 Å². The van der Waals surface area contributed by atoms with Crippen LogP contribution >= 0.6 is 0 Å². The molecule has 0 aliphatic heterocycles. The van der Waals surface area contributed by atoms with E-state index in [4.69, 9.17) is 9.47 Å². The van der Waals surface area contributed by atoms with Crippen LogP contribution in [0.25, 0.3) is 0 Å². The zero-order valence-electron chi connectivity index (χ0n) is 18.1. The third-order valence-electron chi connectivity index (χ3n) is 4.83. The molecule has 1 N–H and O–H groups in total. The van der Waals surface area contributed by atoms with Gasteiger partial charge in [-0.1, -0.05) is 30.3 Å². The standard InChI is InChI=1S/C23H31NO5S/c1-18(24-30(26,27)21-9-6-5-7-10-21)17-19-11-13-20(14-12-19)29-16-8-15-23(2,3)22(25)28-4/h5-7,9-14,18,24H,8,15-17H2,1-4H3. The smallest absolute Gasteiger partial charge is 0.311 e. The number of carbonyl (C=O) groups is 1. The molecule has 164 valence electrons. The summed E-state index contributed by atoms with van der Waals surface area (Å²) in [7, 11) is -2.13. The number of rotatable bonds is 11. The van der Waals surface area contributed by atoms with Gasteiger partial charge in [0, 0.05) is 6.04 Å². The highest BCUT2D eigenvalue weighted by Crippen LogP contribution is 2.24. The molecule has 0 saturated carbocycles. The van der Waals surface area contributed by atoms with E-state index >= 15 is 0 Å². The van der Waals surface area contributed by atoms with E-state index in [0.29, 0.717) is 19.4 Å². The maximum atomic E-state index is 12.4. The van der Waals surface area contributed by atoms with Crippen LogP contribution in [0.2, 0.25) is 0 Å². The number of hydrogen-bond acceptors (Lipinski definition) is 5. The molecule has 0 aromatic heterocycles. The highest BCUT2D eigenvalue weighted by molar-refractivity contribution is 7.89. The van der Waals surface area contributed by atoms with E-state index in [0.717, 1.165) is 17.7 Å². The monoisotopic (exact) mass is 433 g/mol. The van der Waals surface area contributed by atoms with Gasteiger partial charge in [0.05, 0.1) is 24.0 Å². The van der Waals surface area contributed by atoms with Gasteiger partial charge in [-0.3, -0.25) is 4.79 Å². The summed E-state index contributed by atoms with van der Waals surface area (Å²) >= 11 is 0. The van der Waals surface area contributed by atoms with Crippen LogP contribution in [0.3, 0.4) is 0 Å². The van der Waals surface area contributed by atoms with Crippen molar-refractivity contribution in [2.45, 2.75) is 51.0 Å². The minimum absolute atomic E-state index is 0.219. The van der Waals surface area contributed by atoms with Gasteiger partial charge < -0.3 is 9.47 Å². The summed E-state index contributed by atoms with van der Waals surface area (Å²) in [5, 5.41) is 0. The third-order valence-corrected chi connectivity index (χ3v) is 6.43. The highest BCUT2D eigenvalue weighted by atomic mass is 32.2. The largest absolute Gasteiger partial charge is 0.494 e. The van der Waals surface area contributed by atoms with Gasteiger partial charge in [0.1, 0.15) is 5.75 Å². The zero-order chi connectivity index (χ0) is 22.2. The van der Waals surface area contributed by atoms with Crippen molar-refractivity contribution >= 4 is 16.0 Å². The van der Waals surface area contributed by atoms with Crippen molar-refractivity contribution in [3.63, 3.8) is 0 Å². The van der Waals surface area contributed by atoms with E-state index in [1.165, 1.54) is 7.11 Å². The first-order valence-electron chi connectivity index (χ1n) is 10.0. The van der Waals surface area contributed by atoms with Crippen LogP contribution in [-0.2, 0) is 26.0 Å². The molecule has 0 aliphatic rings. The number of sulfonamides is 1. The van der Waals surface area contributed by atoms with Crippen LogP contribution in [0.15, 0.2) is 59.5 Å². The number of benzene rings is 2. The molecular formula is C23H31NO5S. The Hall–Kier alpha value is -2.38. The molecule has 7 heteroatoms. The molecule has 0 heterocycles. The topological polar surface area (TPSA) is 81.7 Å². The molecule has 0 fully saturated rings. The summed E-state index contributed by atoms with van der Waals surface area (Å²) in [6.45, 7) is 6.07. The van der Waals surface area contributed by atoms with Gasteiger partial charge >= 0.3 is 5.97 Å². The van der Waals surface area contributed by atoms with Crippen molar-refractivity contribution in [1.82, 2.24) is 4.72 Å². The van der Waals surface area contributed by atoms with Crippen LogP contribution < -0.4 is 9.46 Å². The predicted octanol–water partition coefficient (Wildman–Crippen LogP) is 3.95. The van der Waals surface area contributed by atoms with Gasteiger partial charge in [0.2, 0.25) is 10.0 Å². The second-order valence-electron chi connectivity index (χ2n) is 8.01. The number of hydrogen-bond donors (Lipinski definition) is 1. The minimum Gasteiger partial charge on any atom is -0.494 e. The Morgan fingerprint density at radius 2 is 1.70 bits per heavy atom. The van der Waals surface area contributed by atoms with Crippen molar-refractivity contribution in [2.75, 3.05) is 13.7 Å². The number of esters is 1. The molecule has 2 aromatic carbocycles. The first-order chi connectivity index (χ1) is 14.1. The molecule has 2 aromatic rings. The Kier molecular flexibility index (Phi) is 8.43. The van der Waals surface area contributed by atoms with E-state index < -0.39 is 15.4 Å². The quantitative estimate of drug-likeness (QED) is 0.429. The average Bonchev–Trinajstić information content (AvgIpc) is 2.72. The molecule has 6 nitrogen and oxygen atoms in total. The zero-order valence-corrected chi connectivity index (χ0v) is 18.9. The van der Waals surface area contributed by atoms with E-state index in [2.05, 4.69) is 4.72 Å². The SMILES string of the molecule is COC(=O)C(C)(C)CCCOc1ccc(CC(C)NS(=O)(=O)c2ccccc2)cc1. The predicted molar refractivity (Wildman–Crippen MR) is 117 cm³/mol. The second kappa shape index (κ2) is 10.6. The van der Waals surface area contributed by atoms with Crippen molar-refractivity contribution in [2.24, 2.45) is 5.41 Å². The fraction of sp³-hybridized carbons (Fsp3) is 0.435. The molecule has 0 saturated heterocycles. The van der Waals surface area contributed by atoms with Gasteiger partial charge in [-0.15, -0.1) is 0 Å².